The van der Waals surface area contributed by atoms with Crippen LogP contribution in [0.3, 0.4) is 0 Å². The minimum atomic E-state index is -0.588. The lowest BCUT2D eigenvalue weighted by atomic mass is 9.93. The van der Waals surface area contributed by atoms with E-state index in [9.17, 15) is 14.0 Å². The Morgan fingerprint density at radius 1 is 1.12 bits per heavy atom. The molecule has 1 unspecified atom stereocenters. The summed E-state index contributed by atoms with van der Waals surface area (Å²) >= 11 is 1.71. The Labute approximate surface area is 197 Å². The Morgan fingerprint density at radius 2 is 1.88 bits per heavy atom. The van der Waals surface area contributed by atoms with Crippen molar-refractivity contribution in [2.24, 2.45) is 0 Å². The normalized spacial score (nSPS) is 15.2. The number of carbonyl (C=O) groups excluding carboxylic acids is 2. The summed E-state index contributed by atoms with van der Waals surface area (Å²) in [5.74, 6) is -1.22. The number of halogens is 1. The van der Waals surface area contributed by atoms with E-state index in [0.29, 0.717) is 26.1 Å². The highest BCUT2D eigenvalue weighted by Gasteiger charge is 2.34. The van der Waals surface area contributed by atoms with Gasteiger partial charge in [-0.25, -0.2) is 4.39 Å². The van der Waals surface area contributed by atoms with Crippen molar-refractivity contribution >= 4 is 23.2 Å². The molecular weight excluding hydrogens is 439 g/mol. The molecule has 0 aliphatic carbocycles. The number of benzene rings is 2. The molecule has 1 aliphatic heterocycles. The maximum Gasteiger partial charge on any atom is 0.257 e. The summed E-state index contributed by atoms with van der Waals surface area (Å²) in [6, 6.07) is 17.7. The first-order valence-corrected chi connectivity index (χ1v) is 11.9. The zero-order chi connectivity index (χ0) is 23.2. The first-order valence-electron chi connectivity index (χ1n) is 11.0. The number of amides is 2. The molecule has 0 bridgehead atoms. The van der Waals surface area contributed by atoms with E-state index in [4.69, 9.17) is 4.74 Å². The molecule has 172 valence electrons. The van der Waals surface area contributed by atoms with Gasteiger partial charge in [0.1, 0.15) is 12.4 Å². The molecule has 0 saturated heterocycles. The third-order valence-corrected chi connectivity index (χ3v) is 6.89. The third kappa shape index (κ3) is 5.15. The average Bonchev–Trinajstić information content (AvgIpc) is 3.32. The number of thiophene rings is 1. The SMILES string of the molecule is COCCCN(CC(=O)N1CCc2sccc2C1c1ccccc1)C(=O)c1ccccc1F. The monoisotopic (exact) mass is 466 g/mol. The number of carbonyl (C=O) groups is 2. The number of hydrogen-bond donors (Lipinski definition) is 0. The standard InChI is InChI=1S/C26H27FN2O3S/c1-32-16-7-14-28(26(31)20-10-5-6-11-22(20)27)18-24(30)29-15-12-23-21(13-17-33-23)25(29)19-8-3-2-4-9-19/h2-6,8-11,13,17,25H,7,12,14-16,18H2,1H3. The molecule has 4 rings (SSSR count). The van der Waals surface area contributed by atoms with E-state index in [1.165, 1.54) is 21.9 Å². The topological polar surface area (TPSA) is 49.9 Å². The van der Waals surface area contributed by atoms with Crippen LogP contribution in [0, 0.1) is 5.82 Å². The Kier molecular flexibility index (Phi) is 7.52. The summed E-state index contributed by atoms with van der Waals surface area (Å²) in [4.78, 5) is 31.3. The summed E-state index contributed by atoms with van der Waals surface area (Å²) in [6.45, 7) is 1.22. The third-order valence-electron chi connectivity index (χ3n) is 5.90. The molecular formula is C26H27FN2O3S. The van der Waals surface area contributed by atoms with Crippen LogP contribution in [-0.4, -0.2) is 55.0 Å². The van der Waals surface area contributed by atoms with E-state index in [-0.39, 0.29) is 24.1 Å². The van der Waals surface area contributed by atoms with Crippen LogP contribution in [0.15, 0.2) is 66.0 Å². The molecule has 2 heterocycles. The zero-order valence-electron chi connectivity index (χ0n) is 18.6. The highest BCUT2D eigenvalue weighted by molar-refractivity contribution is 7.10. The minimum absolute atomic E-state index is 0.0268. The predicted octanol–water partition coefficient (Wildman–Crippen LogP) is 4.54. The number of fused-ring (bicyclic) bond motifs is 1. The van der Waals surface area contributed by atoms with Crippen molar-refractivity contribution in [3.05, 3.63) is 93.4 Å². The summed E-state index contributed by atoms with van der Waals surface area (Å²) in [5.41, 5.74) is 2.15. The van der Waals surface area contributed by atoms with Crippen LogP contribution in [0.25, 0.3) is 0 Å². The Balaban J connectivity index is 1.60. The molecule has 2 aromatic carbocycles. The molecule has 33 heavy (non-hydrogen) atoms. The van der Waals surface area contributed by atoms with E-state index in [1.807, 2.05) is 35.2 Å². The van der Waals surface area contributed by atoms with Gasteiger partial charge in [0.2, 0.25) is 5.91 Å². The van der Waals surface area contributed by atoms with Gasteiger partial charge in [0.15, 0.2) is 0 Å². The van der Waals surface area contributed by atoms with Gasteiger partial charge in [0, 0.05) is 31.7 Å². The maximum absolute atomic E-state index is 14.3. The Bertz CT molecular complexity index is 1100. The average molecular weight is 467 g/mol. The van der Waals surface area contributed by atoms with Crippen LogP contribution in [0.4, 0.5) is 4.39 Å². The van der Waals surface area contributed by atoms with Crippen LogP contribution in [0.5, 0.6) is 0 Å². The lowest BCUT2D eigenvalue weighted by molar-refractivity contribution is -0.134. The number of hydrogen-bond acceptors (Lipinski definition) is 4. The molecule has 3 aromatic rings. The molecule has 1 aromatic heterocycles. The van der Waals surface area contributed by atoms with Gasteiger partial charge in [-0.3, -0.25) is 9.59 Å². The summed E-state index contributed by atoms with van der Waals surface area (Å²) in [5, 5.41) is 2.06. The first kappa shape index (κ1) is 23.1. The van der Waals surface area contributed by atoms with Gasteiger partial charge in [0.25, 0.3) is 5.91 Å². The van der Waals surface area contributed by atoms with E-state index >= 15 is 0 Å². The fourth-order valence-corrected chi connectivity index (χ4v) is 5.19. The predicted molar refractivity (Wildman–Crippen MR) is 127 cm³/mol. The van der Waals surface area contributed by atoms with Gasteiger partial charge in [-0.1, -0.05) is 42.5 Å². The number of methoxy groups -OCH3 is 1. The van der Waals surface area contributed by atoms with Crippen molar-refractivity contribution < 1.29 is 18.7 Å². The highest BCUT2D eigenvalue weighted by atomic mass is 32.1. The van der Waals surface area contributed by atoms with Gasteiger partial charge in [-0.15, -0.1) is 11.3 Å². The van der Waals surface area contributed by atoms with E-state index < -0.39 is 11.7 Å². The molecule has 1 atom stereocenters. The zero-order valence-corrected chi connectivity index (χ0v) is 19.4. The summed E-state index contributed by atoms with van der Waals surface area (Å²) < 4.78 is 19.4. The molecule has 0 fully saturated rings. The van der Waals surface area contributed by atoms with Crippen molar-refractivity contribution in [2.75, 3.05) is 33.4 Å². The Hall–Kier alpha value is -3.03. The van der Waals surface area contributed by atoms with Crippen molar-refractivity contribution in [1.29, 1.82) is 0 Å². The quantitative estimate of drug-likeness (QED) is 0.458. The molecule has 0 radical (unpaired) electrons. The van der Waals surface area contributed by atoms with Crippen LogP contribution in [0.2, 0.25) is 0 Å². The van der Waals surface area contributed by atoms with Crippen molar-refractivity contribution in [3.8, 4) is 0 Å². The fraction of sp³-hybridized carbons (Fsp3) is 0.308. The number of rotatable bonds is 8. The maximum atomic E-state index is 14.3. The molecule has 0 saturated carbocycles. The van der Waals surface area contributed by atoms with E-state index in [1.54, 1.807) is 30.6 Å². The van der Waals surface area contributed by atoms with E-state index in [2.05, 4.69) is 11.4 Å². The smallest absolute Gasteiger partial charge is 0.257 e. The fourth-order valence-electron chi connectivity index (χ4n) is 4.29. The molecule has 0 spiro atoms. The largest absolute Gasteiger partial charge is 0.385 e. The van der Waals surface area contributed by atoms with Gasteiger partial charge in [0.05, 0.1) is 11.6 Å². The van der Waals surface area contributed by atoms with Crippen LogP contribution in [0.1, 0.15) is 38.8 Å². The second kappa shape index (κ2) is 10.7. The number of nitrogens with zero attached hydrogens (tertiary/aromatic N) is 2. The van der Waals surface area contributed by atoms with Crippen LogP contribution in [-0.2, 0) is 16.0 Å². The van der Waals surface area contributed by atoms with Crippen molar-refractivity contribution in [1.82, 2.24) is 9.80 Å². The number of ether oxygens (including phenoxy) is 1. The minimum Gasteiger partial charge on any atom is -0.385 e. The van der Waals surface area contributed by atoms with Crippen LogP contribution < -0.4 is 0 Å². The van der Waals surface area contributed by atoms with Crippen molar-refractivity contribution in [2.45, 2.75) is 18.9 Å². The summed E-state index contributed by atoms with van der Waals surface area (Å²) in [6.07, 6.45) is 1.34. The highest BCUT2D eigenvalue weighted by Crippen LogP contribution is 2.37. The molecule has 0 N–H and O–H groups in total. The molecule has 5 nitrogen and oxygen atoms in total. The second-order valence-corrected chi connectivity index (χ2v) is 9.00. The lowest BCUT2D eigenvalue weighted by Crippen LogP contribution is -2.47. The first-order chi connectivity index (χ1) is 16.1. The summed E-state index contributed by atoms with van der Waals surface area (Å²) in [7, 11) is 1.59. The molecule has 7 heteroatoms. The Morgan fingerprint density at radius 3 is 2.64 bits per heavy atom. The van der Waals surface area contributed by atoms with E-state index in [0.717, 1.165) is 17.5 Å². The van der Waals surface area contributed by atoms with Gasteiger partial charge in [-0.2, -0.15) is 0 Å². The second-order valence-electron chi connectivity index (χ2n) is 8.00. The lowest BCUT2D eigenvalue weighted by Gasteiger charge is -2.37. The van der Waals surface area contributed by atoms with Gasteiger partial charge >= 0.3 is 0 Å². The molecule has 1 aliphatic rings. The van der Waals surface area contributed by atoms with Gasteiger partial charge < -0.3 is 14.5 Å². The van der Waals surface area contributed by atoms with Crippen LogP contribution >= 0.6 is 11.3 Å². The molecule has 2 amide bonds. The van der Waals surface area contributed by atoms with Crippen molar-refractivity contribution in [3.63, 3.8) is 0 Å². The van der Waals surface area contributed by atoms with Gasteiger partial charge in [-0.05, 0) is 47.5 Å².